The van der Waals surface area contributed by atoms with Crippen LogP contribution in [0.5, 0.6) is 0 Å². The highest BCUT2D eigenvalue weighted by Crippen LogP contribution is 2.32. The summed E-state index contributed by atoms with van der Waals surface area (Å²) in [4.78, 5) is 0. The molecule has 0 bridgehead atoms. The average Bonchev–Trinajstić information content (AvgIpc) is 2.71. The molecule has 0 aromatic heterocycles. The molecular weight excluding hydrogens is 168 g/mol. The van der Waals surface area contributed by atoms with E-state index in [1.807, 2.05) is 27.7 Å². The molecule has 0 fully saturated rings. The predicted octanol–water partition coefficient (Wildman–Crippen LogP) is 5.51. The molecule has 0 amide bonds. The zero-order valence-corrected chi connectivity index (χ0v) is 9.69. The molecule has 0 heterocycles. The first-order valence-corrected chi connectivity index (χ1v) is 5.84. The van der Waals surface area contributed by atoms with Gasteiger partial charge in [-0.1, -0.05) is 52.8 Å². The number of hydrogen-bond acceptors (Lipinski definition) is 0. The predicted molar refractivity (Wildman–Crippen MR) is 68.7 cm³/mol. The highest BCUT2D eigenvalue weighted by molar-refractivity contribution is 5.32. The van der Waals surface area contributed by atoms with Gasteiger partial charge in [0.1, 0.15) is 0 Å². The fraction of sp³-hybridized carbons (Fsp3) is 0.714. The zero-order chi connectivity index (χ0) is 10.1. The number of rotatable bonds is 0. The van der Waals surface area contributed by atoms with Gasteiger partial charge in [0.25, 0.3) is 0 Å². The Morgan fingerprint density at radius 2 is 1.57 bits per heavy atom. The highest BCUT2D eigenvalue weighted by atomic mass is 14.2. The first-order valence-electron chi connectivity index (χ1n) is 5.84. The van der Waals surface area contributed by atoms with E-state index in [1.54, 1.807) is 11.1 Å². The molecule has 84 valence electrons. The summed E-state index contributed by atoms with van der Waals surface area (Å²) in [5.41, 5.74) is 3.40. The second-order valence-corrected chi connectivity index (χ2v) is 2.92. The fourth-order valence-corrected chi connectivity index (χ4v) is 1.80. The summed E-state index contributed by atoms with van der Waals surface area (Å²) in [6.45, 7) is 8.00. The summed E-state index contributed by atoms with van der Waals surface area (Å²) >= 11 is 0. The van der Waals surface area contributed by atoms with Gasteiger partial charge >= 0.3 is 0 Å². The Hall–Kier alpha value is -0.520. The maximum atomic E-state index is 2.33. The van der Waals surface area contributed by atoms with Crippen LogP contribution < -0.4 is 0 Å². The maximum Gasteiger partial charge on any atom is -0.0276 e. The van der Waals surface area contributed by atoms with Crippen LogP contribution in [0.1, 0.15) is 67.2 Å². The molecule has 2 rings (SSSR count). The lowest BCUT2D eigenvalue weighted by Gasteiger charge is -2.05. The van der Waals surface area contributed by atoms with Crippen molar-refractivity contribution in [3.8, 4) is 0 Å². The van der Waals surface area contributed by atoms with Gasteiger partial charge in [0.05, 0.1) is 0 Å². The second kappa shape index (κ2) is 10.6. The van der Waals surface area contributed by atoms with Crippen LogP contribution in [0.25, 0.3) is 0 Å². The Bertz CT molecular complexity index is 172. The van der Waals surface area contributed by atoms with Crippen molar-refractivity contribution in [3.05, 3.63) is 23.3 Å². The molecule has 14 heavy (non-hydrogen) atoms. The molecule has 0 radical (unpaired) electrons. The van der Waals surface area contributed by atoms with Crippen LogP contribution >= 0.6 is 0 Å². The molecule has 0 unspecified atom stereocenters. The van der Waals surface area contributed by atoms with Gasteiger partial charge in [-0.05, 0) is 37.7 Å². The third kappa shape index (κ3) is 4.64. The van der Waals surface area contributed by atoms with Gasteiger partial charge in [-0.3, -0.25) is 0 Å². The first-order chi connectivity index (χ1) is 6.47. The number of allylic oxidation sites excluding steroid dienone is 4. The summed E-state index contributed by atoms with van der Waals surface area (Å²) in [6.07, 6.45) is 11.4. The first kappa shape index (κ1) is 15.9. The standard InChI is InChI=1S/C9H12.2C2H6.CH4/c1-2-5-9-7-3-6-8(9)4-1;2*1-2;/h1,4H,2-3,5-7H2;2*1-2H3;1H4. The minimum absolute atomic E-state index is 0. The van der Waals surface area contributed by atoms with E-state index in [-0.39, 0.29) is 7.43 Å². The van der Waals surface area contributed by atoms with Crippen molar-refractivity contribution >= 4 is 0 Å². The van der Waals surface area contributed by atoms with E-state index in [9.17, 15) is 0 Å². The van der Waals surface area contributed by atoms with Crippen molar-refractivity contribution in [1.29, 1.82) is 0 Å². The monoisotopic (exact) mass is 196 g/mol. The minimum atomic E-state index is 0. The van der Waals surface area contributed by atoms with Gasteiger partial charge in [0.2, 0.25) is 0 Å². The second-order valence-electron chi connectivity index (χ2n) is 2.92. The van der Waals surface area contributed by atoms with E-state index >= 15 is 0 Å². The van der Waals surface area contributed by atoms with Crippen molar-refractivity contribution in [2.24, 2.45) is 0 Å². The van der Waals surface area contributed by atoms with Gasteiger partial charge in [-0.15, -0.1) is 0 Å². The summed E-state index contributed by atoms with van der Waals surface area (Å²) in [7, 11) is 0. The molecule has 0 spiro atoms. The van der Waals surface area contributed by atoms with Crippen LogP contribution in [0.2, 0.25) is 0 Å². The van der Waals surface area contributed by atoms with Gasteiger partial charge < -0.3 is 0 Å². The lowest BCUT2D eigenvalue weighted by atomic mass is 10.0. The molecule has 0 heteroatoms. The number of hydrogen-bond donors (Lipinski definition) is 0. The van der Waals surface area contributed by atoms with Gasteiger partial charge in [-0.2, -0.15) is 0 Å². The van der Waals surface area contributed by atoms with Crippen LogP contribution in [0.3, 0.4) is 0 Å². The van der Waals surface area contributed by atoms with E-state index in [2.05, 4.69) is 12.2 Å². The quantitative estimate of drug-likeness (QED) is 0.479. The van der Waals surface area contributed by atoms with Crippen molar-refractivity contribution in [2.45, 2.75) is 67.2 Å². The lowest BCUT2D eigenvalue weighted by Crippen LogP contribution is -1.85. The molecule has 0 aromatic carbocycles. The third-order valence-electron chi connectivity index (χ3n) is 2.31. The van der Waals surface area contributed by atoms with Crippen LogP contribution in [0.15, 0.2) is 23.3 Å². The van der Waals surface area contributed by atoms with E-state index in [0.717, 1.165) is 0 Å². The Morgan fingerprint density at radius 3 is 2.14 bits per heavy atom. The summed E-state index contributed by atoms with van der Waals surface area (Å²) in [5.74, 6) is 0. The SMILES string of the molecule is C.C1=CC2=C(CC1)CCC2.CC.CC. The molecule has 0 N–H and O–H groups in total. The summed E-state index contributed by atoms with van der Waals surface area (Å²) in [6, 6.07) is 0. The van der Waals surface area contributed by atoms with Crippen molar-refractivity contribution in [2.75, 3.05) is 0 Å². The summed E-state index contributed by atoms with van der Waals surface area (Å²) in [5, 5.41) is 0. The Morgan fingerprint density at radius 1 is 0.929 bits per heavy atom. The molecule has 0 aliphatic heterocycles. The van der Waals surface area contributed by atoms with E-state index in [1.165, 1.54) is 32.1 Å². The molecule has 0 aromatic rings. The normalized spacial score (nSPS) is 16.9. The van der Waals surface area contributed by atoms with Crippen LogP contribution in [-0.4, -0.2) is 0 Å². The molecule has 2 aliphatic rings. The molecule has 0 nitrogen and oxygen atoms in total. The van der Waals surface area contributed by atoms with Crippen LogP contribution in [-0.2, 0) is 0 Å². The Kier molecular flexibility index (Phi) is 12.0. The molecule has 0 saturated carbocycles. The van der Waals surface area contributed by atoms with Gasteiger partial charge in [0, 0.05) is 0 Å². The third-order valence-corrected chi connectivity index (χ3v) is 2.31. The lowest BCUT2D eigenvalue weighted by molar-refractivity contribution is 0.858. The van der Waals surface area contributed by atoms with Crippen LogP contribution in [0, 0.1) is 0 Å². The van der Waals surface area contributed by atoms with Gasteiger partial charge in [0.15, 0.2) is 0 Å². The molecule has 0 atom stereocenters. The Labute approximate surface area is 91.1 Å². The topological polar surface area (TPSA) is 0 Å². The molecule has 2 aliphatic carbocycles. The van der Waals surface area contributed by atoms with Gasteiger partial charge in [-0.25, -0.2) is 0 Å². The average molecular weight is 196 g/mol. The van der Waals surface area contributed by atoms with E-state index in [0.29, 0.717) is 0 Å². The maximum absolute atomic E-state index is 2.33. The zero-order valence-electron chi connectivity index (χ0n) is 9.69. The Balaban J connectivity index is 0. The summed E-state index contributed by atoms with van der Waals surface area (Å²) < 4.78 is 0. The van der Waals surface area contributed by atoms with Crippen molar-refractivity contribution < 1.29 is 0 Å². The van der Waals surface area contributed by atoms with Crippen molar-refractivity contribution in [1.82, 2.24) is 0 Å². The fourth-order valence-electron chi connectivity index (χ4n) is 1.80. The highest BCUT2D eigenvalue weighted by Gasteiger charge is 2.13. The van der Waals surface area contributed by atoms with E-state index in [4.69, 9.17) is 0 Å². The van der Waals surface area contributed by atoms with Crippen LogP contribution in [0.4, 0.5) is 0 Å². The molecule has 0 saturated heterocycles. The smallest absolute Gasteiger partial charge is 0.0276 e. The molecular formula is C14H28. The largest absolute Gasteiger partial charge is 0.0839 e. The minimum Gasteiger partial charge on any atom is -0.0839 e. The van der Waals surface area contributed by atoms with E-state index < -0.39 is 0 Å². The van der Waals surface area contributed by atoms with Crippen molar-refractivity contribution in [3.63, 3.8) is 0 Å².